The fourth-order valence-electron chi connectivity index (χ4n) is 2.66. The van der Waals surface area contributed by atoms with Crippen molar-refractivity contribution in [3.63, 3.8) is 0 Å². The van der Waals surface area contributed by atoms with E-state index in [2.05, 4.69) is 4.98 Å². The van der Waals surface area contributed by atoms with E-state index in [1.54, 1.807) is 24.3 Å². The summed E-state index contributed by atoms with van der Waals surface area (Å²) in [6.45, 7) is 0.337. The van der Waals surface area contributed by atoms with Gasteiger partial charge in [0.2, 0.25) is 11.6 Å². The Kier molecular flexibility index (Phi) is 4.80. The second-order valence-corrected chi connectivity index (χ2v) is 5.89. The van der Waals surface area contributed by atoms with Crippen LogP contribution in [0.4, 0.5) is 23.2 Å². The van der Waals surface area contributed by atoms with E-state index in [1.807, 2.05) is 0 Å². The van der Waals surface area contributed by atoms with Gasteiger partial charge in [-0.25, -0.2) is 0 Å². The van der Waals surface area contributed by atoms with E-state index in [9.17, 15) is 22.4 Å². The van der Waals surface area contributed by atoms with Crippen LogP contribution < -0.4 is 4.90 Å². The van der Waals surface area contributed by atoms with Crippen LogP contribution in [0, 0.1) is 23.5 Å². The van der Waals surface area contributed by atoms with Crippen LogP contribution in [0.3, 0.4) is 0 Å². The highest BCUT2D eigenvalue weighted by atomic mass is 35.5. The molecule has 0 saturated carbocycles. The minimum Gasteiger partial charge on any atom is -0.363 e. The van der Waals surface area contributed by atoms with Crippen molar-refractivity contribution in [1.82, 2.24) is 9.88 Å². The fourth-order valence-corrected chi connectivity index (χ4v) is 2.79. The third-order valence-electron chi connectivity index (χ3n) is 3.95. The van der Waals surface area contributed by atoms with Crippen LogP contribution in [0.1, 0.15) is 10.4 Å². The van der Waals surface area contributed by atoms with Crippen molar-refractivity contribution in [2.45, 2.75) is 0 Å². The van der Waals surface area contributed by atoms with Gasteiger partial charge in [0.1, 0.15) is 5.69 Å². The van der Waals surface area contributed by atoms with Crippen LogP contribution in [-0.2, 0) is 0 Å². The molecule has 0 atom stereocenters. The summed E-state index contributed by atoms with van der Waals surface area (Å²) < 4.78 is 54.1. The van der Waals surface area contributed by atoms with Crippen LogP contribution in [0.15, 0.2) is 24.3 Å². The van der Waals surface area contributed by atoms with E-state index >= 15 is 0 Å². The van der Waals surface area contributed by atoms with Gasteiger partial charge < -0.3 is 9.80 Å². The molecule has 1 aromatic carbocycles. The third-order valence-corrected chi connectivity index (χ3v) is 4.20. The van der Waals surface area contributed by atoms with E-state index in [1.165, 1.54) is 4.90 Å². The monoisotopic (exact) mass is 373 g/mol. The van der Waals surface area contributed by atoms with E-state index in [4.69, 9.17) is 11.6 Å². The van der Waals surface area contributed by atoms with E-state index in [0.717, 1.165) is 4.90 Å². The number of piperazine rings is 1. The van der Waals surface area contributed by atoms with Gasteiger partial charge in [0.05, 0.1) is 0 Å². The van der Waals surface area contributed by atoms with Gasteiger partial charge in [-0.05, 0) is 24.3 Å². The number of aromatic nitrogens is 1. The number of benzene rings is 1. The van der Waals surface area contributed by atoms with Gasteiger partial charge in [-0.15, -0.1) is 0 Å². The van der Waals surface area contributed by atoms with E-state index < -0.39 is 29.2 Å². The minimum absolute atomic E-state index is 0.0239. The molecule has 4 nitrogen and oxygen atoms in total. The molecule has 3 rings (SSSR count). The van der Waals surface area contributed by atoms with E-state index in [0.29, 0.717) is 10.6 Å². The van der Waals surface area contributed by atoms with Crippen LogP contribution in [0.25, 0.3) is 0 Å². The Morgan fingerprint density at radius 1 is 0.920 bits per heavy atom. The van der Waals surface area contributed by atoms with Gasteiger partial charge in [-0.2, -0.15) is 22.5 Å². The number of anilines is 1. The molecule has 9 heteroatoms. The lowest BCUT2D eigenvalue weighted by Gasteiger charge is -2.36. The van der Waals surface area contributed by atoms with Crippen molar-refractivity contribution in [2.75, 3.05) is 31.1 Å². The first kappa shape index (κ1) is 17.5. The molecule has 0 unspecified atom stereocenters. The predicted molar refractivity (Wildman–Crippen MR) is 83.6 cm³/mol. The summed E-state index contributed by atoms with van der Waals surface area (Å²) in [5, 5.41) is 0.495. The standard InChI is InChI=1S/C16H12ClF4N3O/c17-10-3-1-9(2-4-10)16(25)24-7-5-23(6-8-24)13-11(18)14(20)22-15(21)12(13)19/h1-4H,5-8H2. The smallest absolute Gasteiger partial charge is 0.253 e. The lowest BCUT2D eigenvalue weighted by molar-refractivity contribution is 0.0746. The molecule has 1 aliphatic rings. The summed E-state index contributed by atoms with van der Waals surface area (Å²) in [7, 11) is 0. The summed E-state index contributed by atoms with van der Waals surface area (Å²) in [5.41, 5.74) is -0.375. The van der Waals surface area contributed by atoms with Gasteiger partial charge >= 0.3 is 0 Å². The normalized spacial score (nSPS) is 14.8. The van der Waals surface area contributed by atoms with Crippen molar-refractivity contribution in [2.24, 2.45) is 0 Å². The van der Waals surface area contributed by atoms with Gasteiger partial charge in [0, 0.05) is 36.8 Å². The first-order chi connectivity index (χ1) is 11.9. The van der Waals surface area contributed by atoms with Crippen LogP contribution in [-0.4, -0.2) is 42.0 Å². The number of carbonyl (C=O) groups is 1. The summed E-state index contributed by atoms with van der Waals surface area (Å²) in [6, 6.07) is 6.31. The van der Waals surface area contributed by atoms with E-state index in [-0.39, 0.29) is 32.1 Å². The number of hydrogen-bond acceptors (Lipinski definition) is 3. The van der Waals surface area contributed by atoms with Crippen molar-refractivity contribution in [3.05, 3.63) is 58.4 Å². The molecule has 0 bridgehead atoms. The lowest BCUT2D eigenvalue weighted by atomic mass is 10.1. The number of amides is 1. The third kappa shape index (κ3) is 3.39. The summed E-state index contributed by atoms with van der Waals surface area (Å²) in [5.74, 6) is -6.75. The van der Waals surface area contributed by atoms with Gasteiger partial charge in [-0.1, -0.05) is 11.6 Å². The first-order valence-electron chi connectivity index (χ1n) is 7.38. The Balaban J connectivity index is 1.74. The van der Waals surface area contributed by atoms with Crippen molar-refractivity contribution in [1.29, 1.82) is 0 Å². The molecule has 0 aliphatic carbocycles. The van der Waals surface area contributed by atoms with Crippen molar-refractivity contribution >= 4 is 23.2 Å². The second kappa shape index (κ2) is 6.87. The molecular formula is C16H12ClF4N3O. The number of halogens is 5. The molecule has 1 amide bonds. The Bertz CT molecular complexity index is 782. The Hall–Kier alpha value is -2.35. The van der Waals surface area contributed by atoms with Crippen molar-refractivity contribution < 1.29 is 22.4 Å². The molecular weight excluding hydrogens is 362 g/mol. The number of rotatable bonds is 2. The maximum Gasteiger partial charge on any atom is 0.253 e. The van der Waals surface area contributed by atoms with Gasteiger partial charge in [0.15, 0.2) is 0 Å². The highest BCUT2D eigenvalue weighted by Crippen LogP contribution is 2.27. The zero-order valence-electron chi connectivity index (χ0n) is 12.8. The number of nitrogens with zero attached hydrogens (tertiary/aromatic N) is 3. The summed E-state index contributed by atoms with van der Waals surface area (Å²) >= 11 is 5.78. The highest BCUT2D eigenvalue weighted by Gasteiger charge is 2.29. The molecule has 0 radical (unpaired) electrons. The predicted octanol–water partition coefficient (Wildman–Crippen LogP) is 3.25. The Morgan fingerprint density at radius 3 is 1.96 bits per heavy atom. The van der Waals surface area contributed by atoms with Crippen molar-refractivity contribution in [3.8, 4) is 0 Å². The zero-order chi connectivity index (χ0) is 18.1. The van der Waals surface area contributed by atoms with Gasteiger partial charge in [-0.3, -0.25) is 4.79 Å². The molecule has 1 aliphatic heterocycles. The largest absolute Gasteiger partial charge is 0.363 e. The average molecular weight is 374 g/mol. The van der Waals surface area contributed by atoms with Crippen LogP contribution in [0.2, 0.25) is 5.02 Å². The average Bonchev–Trinajstić information content (AvgIpc) is 2.61. The second-order valence-electron chi connectivity index (χ2n) is 5.46. The number of pyridine rings is 1. The molecule has 2 heterocycles. The molecule has 1 saturated heterocycles. The van der Waals surface area contributed by atoms with Crippen LogP contribution >= 0.6 is 11.6 Å². The highest BCUT2D eigenvalue weighted by molar-refractivity contribution is 6.30. The summed E-state index contributed by atoms with van der Waals surface area (Å²) in [6.07, 6.45) is 0. The quantitative estimate of drug-likeness (QED) is 0.599. The SMILES string of the molecule is O=C(c1ccc(Cl)cc1)N1CCN(c2c(F)c(F)nc(F)c2F)CC1. The maximum absolute atomic E-state index is 13.8. The lowest BCUT2D eigenvalue weighted by Crippen LogP contribution is -2.49. The Morgan fingerprint density at radius 2 is 1.44 bits per heavy atom. The molecule has 1 aromatic heterocycles. The molecule has 0 N–H and O–H groups in total. The number of hydrogen-bond donors (Lipinski definition) is 0. The van der Waals surface area contributed by atoms with Gasteiger partial charge in [0.25, 0.3) is 17.8 Å². The fraction of sp³-hybridized carbons (Fsp3) is 0.250. The molecule has 132 valence electrons. The Labute approximate surface area is 145 Å². The number of carbonyl (C=O) groups excluding carboxylic acids is 1. The van der Waals surface area contributed by atoms with Crippen LogP contribution in [0.5, 0.6) is 0 Å². The molecule has 0 spiro atoms. The summed E-state index contributed by atoms with van der Waals surface area (Å²) in [4.78, 5) is 17.6. The zero-order valence-corrected chi connectivity index (χ0v) is 13.5. The molecule has 1 fully saturated rings. The maximum atomic E-state index is 13.8. The molecule has 25 heavy (non-hydrogen) atoms. The first-order valence-corrected chi connectivity index (χ1v) is 7.76. The minimum atomic E-state index is -1.70. The molecule has 2 aromatic rings. The topological polar surface area (TPSA) is 36.4 Å².